The predicted octanol–water partition coefficient (Wildman–Crippen LogP) is 1.28. The number of aliphatic hydroxyl groups excluding tert-OH is 1. The molecule has 1 heterocycles. The Morgan fingerprint density at radius 3 is 2.78 bits per heavy atom. The van der Waals surface area contributed by atoms with E-state index in [0.717, 1.165) is 11.0 Å². The fourth-order valence-corrected chi connectivity index (χ4v) is 1.73. The van der Waals surface area contributed by atoms with Crippen LogP contribution in [0.15, 0.2) is 28.7 Å². The highest BCUT2D eigenvalue weighted by Crippen LogP contribution is 2.32. The van der Waals surface area contributed by atoms with Crippen LogP contribution in [0.2, 0.25) is 0 Å². The number of aliphatic hydroxyl groups is 1. The number of hydrogen-bond acceptors (Lipinski definition) is 5. The van der Waals surface area contributed by atoms with Crippen LogP contribution in [-0.4, -0.2) is 31.5 Å². The second kappa shape index (κ2) is 6.39. The molecule has 3 N–H and O–H groups in total. The van der Waals surface area contributed by atoms with Gasteiger partial charge in [0, 0.05) is 0 Å². The van der Waals surface area contributed by atoms with E-state index in [-0.39, 0.29) is 6.61 Å². The number of rotatable bonds is 7. The van der Waals surface area contributed by atoms with E-state index >= 15 is 0 Å². The Bertz CT molecular complexity index is 495. The van der Waals surface area contributed by atoms with Crippen LogP contribution in [-0.2, 0) is 11.3 Å². The van der Waals surface area contributed by atoms with Crippen LogP contribution in [0, 0.1) is 0 Å². The quantitative estimate of drug-likeness (QED) is 0.725. The Kier molecular flexibility index (Phi) is 4.58. The van der Waals surface area contributed by atoms with Crippen LogP contribution in [0.4, 0.5) is 0 Å². The van der Waals surface area contributed by atoms with Gasteiger partial charge in [0.05, 0.1) is 31.8 Å². The fourth-order valence-electron chi connectivity index (χ4n) is 1.73. The Hall–Kier alpha value is -1.56. The van der Waals surface area contributed by atoms with Gasteiger partial charge in [-0.1, -0.05) is 12.1 Å². The molecule has 0 saturated carbocycles. The van der Waals surface area contributed by atoms with Crippen molar-refractivity contribution >= 4 is 11.0 Å². The number of hydrogen-bond donors (Lipinski definition) is 2. The minimum atomic E-state index is 0.0166. The van der Waals surface area contributed by atoms with Gasteiger partial charge in [-0.2, -0.15) is 0 Å². The van der Waals surface area contributed by atoms with Crippen molar-refractivity contribution in [3.63, 3.8) is 0 Å². The van der Waals surface area contributed by atoms with Gasteiger partial charge in [-0.25, -0.2) is 0 Å². The van der Waals surface area contributed by atoms with E-state index in [2.05, 4.69) is 0 Å². The summed E-state index contributed by atoms with van der Waals surface area (Å²) in [5.74, 6) is 1.32. The van der Waals surface area contributed by atoms with Crippen molar-refractivity contribution in [1.82, 2.24) is 0 Å². The van der Waals surface area contributed by atoms with Gasteiger partial charge in [-0.3, -0.25) is 0 Å². The first-order valence-electron chi connectivity index (χ1n) is 5.88. The normalized spacial score (nSPS) is 11.0. The molecule has 5 nitrogen and oxygen atoms in total. The fraction of sp³-hybridized carbons (Fsp3) is 0.385. The van der Waals surface area contributed by atoms with Crippen LogP contribution in [0.25, 0.3) is 11.0 Å². The van der Waals surface area contributed by atoms with Crippen molar-refractivity contribution in [2.24, 2.45) is 5.73 Å². The first-order valence-corrected chi connectivity index (χ1v) is 5.88. The molecule has 0 aliphatic carbocycles. The zero-order chi connectivity index (χ0) is 12.8. The average molecular weight is 251 g/mol. The summed E-state index contributed by atoms with van der Waals surface area (Å²) >= 11 is 0. The van der Waals surface area contributed by atoms with E-state index in [1.54, 1.807) is 0 Å². The van der Waals surface area contributed by atoms with Gasteiger partial charge in [-0.05, 0) is 12.1 Å². The van der Waals surface area contributed by atoms with Gasteiger partial charge >= 0.3 is 0 Å². The first kappa shape index (κ1) is 12.9. The molecule has 0 unspecified atom stereocenters. The second-order valence-corrected chi connectivity index (χ2v) is 3.74. The highest BCUT2D eigenvalue weighted by atomic mass is 16.5. The van der Waals surface area contributed by atoms with Gasteiger partial charge in [0.15, 0.2) is 11.5 Å². The van der Waals surface area contributed by atoms with E-state index in [0.29, 0.717) is 37.9 Å². The lowest BCUT2D eigenvalue weighted by molar-refractivity contribution is 0.0703. The van der Waals surface area contributed by atoms with Crippen LogP contribution in [0.1, 0.15) is 5.76 Å². The van der Waals surface area contributed by atoms with Crippen molar-refractivity contribution in [1.29, 1.82) is 0 Å². The Morgan fingerprint density at radius 1 is 1.17 bits per heavy atom. The number of nitrogens with two attached hydrogens (primary N) is 1. The summed E-state index contributed by atoms with van der Waals surface area (Å²) in [6, 6.07) is 7.64. The zero-order valence-corrected chi connectivity index (χ0v) is 10.1. The molecule has 0 amide bonds. The number of furan rings is 1. The summed E-state index contributed by atoms with van der Waals surface area (Å²) < 4.78 is 16.4. The molecule has 0 fully saturated rings. The van der Waals surface area contributed by atoms with Gasteiger partial charge in [-0.15, -0.1) is 0 Å². The topological polar surface area (TPSA) is 77.9 Å². The maximum absolute atomic E-state index is 8.58. The van der Waals surface area contributed by atoms with Crippen molar-refractivity contribution in [3.05, 3.63) is 30.0 Å². The van der Waals surface area contributed by atoms with Crippen molar-refractivity contribution in [2.45, 2.75) is 6.54 Å². The van der Waals surface area contributed by atoms with Crippen LogP contribution >= 0.6 is 0 Å². The van der Waals surface area contributed by atoms with Gasteiger partial charge in [0.2, 0.25) is 0 Å². The van der Waals surface area contributed by atoms with Gasteiger partial charge < -0.3 is 24.7 Å². The number of para-hydroxylation sites is 1. The zero-order valence-electron chi connectivity index (χ0n) is 10.1. The lowest BCUT2D eigenvalue weighted by Gasteiger charge is -2.06. The Labute approximate surface area is 105 Å². The molecule has 0 aliphatic rings. The Balaban J connectivity index is 2.06. The SMILES string of the molecule is NCc1oc2ccccc2c1OCCOCCO. The van der Waals surface area contributed by atoms with Crippen LogP contribution in [0.3, 0.4) is 0 Å². The molecule has 0 bridgehead atoms. The summed E-state index contributed by atoms with van der Waals surface area (Å²) in [7, 11) is 0. The summed E-state index contributed by atoms with van der Waals surface area (Å²) in [5, 5.41) is 9.49. The second-order valence-electron chi connectivity index (χ2n) is 3.74. The molecule has 2 aromatic rings. The lowest BCUT2D eigenvalue weighted by Crippen LogP contribution is -2.10. The average Bonchev–Trinajstić information content (AvgIpc) is 2.77. The molecule has 0 atom stereocenters. The summed E-state index contributed by atoms with van der Waals surface area (Å²) in [6.45, 7) is 1.45. The first-order chi connectivity index (χ1) is 8.86. The van der Waals surface area contributed by atoms with Gasteiger partial charge in [0.1, 0.15) is 12.2 Å². The van der Waals surface area contributed by atoms with Crippen molar-refractivity contribution in [2.75, 3.05) is 26.4 Å². The monoisotopic (exact) mass is 251 g/mol. The molecule has 5 heteroatoms. The molecule has 98 valence electrons. The minimum Gasteiger partial charge on any atom is -0.487 e. The van der Waals surface area contributed by atoms with Gasteiger partial charge in [0.25, 0.3) is 0 Å². The highest BCUT2D eigenvalue weighted by molar-refractivity contribution is 5.85. The summed E-state index contributed by atoms with van der Waals surface area (Å²) in [5.41, 5.74) is 6.40. The molecule has 0 radical (unpaired) electrons. The maximum Gasteiger partial charge on any atom is 0.169 e. The third-order valence-electron chi connectivity index (χ3n) is 2.51. The summed E-state index contributed by atoms with van der Waals surface area (Å²) in [4.78, 5) is 0. The van der Waals surface area contributed by atoms with Crippen molar-refractivity contribution < 1.29 is 19.0 Å². The minimum absolute atomic E-state index is 0.0166. The standard InChI is InChI=1S/C13H17NO4/c14-9-12-13(17-8-7-16-6-5-15)10-3-1-2-4-11(10)18-12/h1-4,15H,5-9,14H2. The van der Waals surface area contributed by atoms with Crippen LogP contribution < -0.4 is 10.5 Å². The molecule has 1 aromatic carbocycles. The molecule has 0 spiro atoms. The largest absolute Gasteiger partial charge is 0.487 e. The lowest BCUT2D eigenvalue weighted by atomic mass is 10.2. The highest BCUT2D eigenvalue weighted by Gasteiger charge is 2.13. The number of benzene rings is 1. The third-order valence-corrected chi connectivity index (χ3v) is 2.51. The summed E-state index contributed by atoms with van der Waals surface area (Å²) in [6.07, 6.45) is 0. The molecular weight excluding hydrogens is 234 g/mol. The molecular formula is C13H17NO4. The predicted molar refractivity (Wildman–Crippen MR) is 67.5 cm³/mol. The van der Waals surface area contributed by atoms with Crippen molar-refractivity contribution in [3.8, 4) is 5.75 Å². The number of ether oxygens (including phenoxy) is 2. The van der Waals surface area contributed by atoms with E-state index in [1.165, 1.54) is 0 Å². The third kappa shape index (κ3) is 2.81. The molecule has 0 aliphatic heterocycles. The van der Waals surface area contributed by atoms with E-state index in [1.807, 2.05) is 24.3 Å². The maximum atomic E-state index is 8.58. The van der Waals surface area contributed by atoms with Crippen LogP contribution in [0.5, 0.6) is 5.75 Å². The van der Waals surface area contributed by atoms with E-state index in [4.69, 9.17) is 24.7 Å². The molecule has 1 aromatic heterocycles. The Morgan fingerprint density at radius 2 is 2.00 bits per heavy atom. The molecule has 18 heavy (non-hydrogen) atoms. The molecule has 2 rings (SSSR count). The smallest absolute Gasteiger partial charge is 0.169 e. The van der Waals surface area contributed by atoms with E-state index in [9.17, 15) is 0 Å². The van der Waals surface area contributed by atoms with E-state index < -0.39 is 0 Å². The number of fused-ring (bicyclic) bond motifs is 1. The molecule has 0 saturated heterocycles.